The molecule has 0 radical (unpaired) electrons. The molecule has 0 fully saturated rings. The number of pyridine rings is 1. The monoisotopic (exact) mass is 279 g/mol. The van der Waals surface area contributed by atoms with Crippen molar-refractivity contribution in [2.24, 2.45) is 0 Å². The van der Waals surface area contributed by atoms with Crippen molar-refractivity contribution in [3.8, 4) is 0 Å². The molecule has 21 heavy (non-hydrogen) atoms. The number of aromatic nitrogens is 2. The largest absolute Gasteiger partial charge is 0.321 e. The van der Waals surface area contributed by atoms with Crippen LogP contribution in [0.5, 0.6) is 0 Å². The number of hydrogen-bond acceptors (Lipinski definition) is 2. The lowest BCUT2D eigenvalue weighted by Crippen LogP contribution is -2.13. The molecule has 0 saturated heterocycles. The maximum atomic E-state index is 12.5. The molecule has 1 N–H and O–H groups in total. The highest BCUT2D eigenvalue weighted by Crippen LogP contribution is 2.17. The Hall–Kier alpha value is -2.62. The van der Waals surface area contributed by atoms with Gasteiger partial charge in [0.25, 0.3) is 5.91 Å². The van der Waals surface area contributed by atoms with Crippen LogP contribution in [-0.2, 0) is 0 Å². The van der Waals surface area contributed by atoms with Gasteiger partial charge in [0.15, 0.2) is 5.69 Å². The number of hydrogen-bond donors (Lipinski definition) is 1. The highest BCUT2D eigenvalue weighted by molar-refractivity contribution is 6.07. The third kappa shape index (κ3) is 2.40. The molecule has 0 aliphatic rings. The van der Waals surface area contributed by atoms with E-state index in [1.165, 1.54) is 5.56 Å². The third-order valence-electron chi connectivity index (χ3n) is 3.70. The van der Waals surface area contributed by atoms with E-state index in [-0.39, 0.29) is 5.91 Å². The highest BCUT2D eigenvalue weighted by atomic mass is 16.1. The fraction of sp³-hybridized carbons (Fsp3) is 0.176. The van der Waals surface area contributed by atoms with Crippen molar-refractivity contribution in [2.45, 2.75) is 20.8 Å². The molecule has 2 aromatic heterocycles. The molecule has 0 aliphatic heterocycles. The van der Waals surface area contributed by atoms with Crippen LogP contribution in [0.2, 0.25) is 0 Å². The van der Waals surface area contributed by atoms with Gasteiger partial charge in [0.1, 0.15) is 5.82 Å². The number of carbonyl (C=O) groups excluding carboxylic acids is 1. The summed E-state index contributed by atoms with van der Waals surface area (Å²) in [6.45, 7) is 5.97. The number of rotatable bonds is 2. The first kappa shape index (κ1) is 13.4. The number of fused-ring (bicyclic) bond motifs is 1. The SMILES string of the molecule is Cc1ccc(NC(=O)c2nc(C)n3ccccc23)cc1C. The van der Waals surface area contributed by atoms with Crippen molar-refractivity contribution in [1.29, 1.82) is 0 Å². The first-order chi connectivity index (χ1) is 10.1. The summed E-state index contributed by atoms with van der Waals surface area (Å²) in [6.07, 6.45) is 1.91. The first-order valence-electron chi connectivity index (χ1n) is 6.88. The van der Waals surface area contributed by atoms with E-state index in [0.29, 0.717) is 5.69 Å². The van der Waals surface area contributed by atoms with Gasteiger partial charge in [-0.25, -0.2) is 4.98 Å². The number of imidazole rings is 1. The van der Waals surface area contributed by atoms with Crippen LogP contribution in [0.1, 0.15) is 27.4 Å². The summed E-state index contributed by atoms with van der Waals surface area (Å²) in [5.74, 6) is 0.617. The molecule has 0 atom stereocenters. The Morgan fingerprint density at radius 2 is 1.90 bits per heavy atom. The molecule has 0 unspecified atom stereocenters. The van der Waals surface area contributed by atoms with E-state index in [0.717, 1.165) is 22.6 Å². The molecule has 106 valence electrons. The van der Waals surface area contributed by atoms with Crippen LogP contribution in [0.15, 0.2) is 42.6 Å². The summed E-state index contributed by atoms with van der Waals surface area (Å²) in [7, 11) is 0. The topological polar surface area (TPSA) is 46.4 Å². The van der Waals surface area contributed by atoms with Crippen molar-refractivity contribution in [3.05, 3.63) is 65.2 Å². The summed E-state index contributed by atoms with van der Waals surface area (Å²) < 4.78 is 1.91. The Morgan fingerprint density at radius 3 is 2.67 bits per heavy atom. The molecule has 0 spiro atoms. The lowest BCUT2D eigenvalue weighted by atomic mass is 10.1. The van der Waals surface area contributed by atoms with Gasteiger partial charge in [-0.15, -0.1) is 0 Å². The molecule has 4 heteroatoms. The molecular formula is C17H17N3O. The van der Waals surface area contributed by atoms with Crippen molar-refractivity contribution in [3.63, 3.8) is 0 Å². The Labute approximate surface area is 123 Å². The number of carbonyl (C=O) groups is 1. The number of anilines is 1. The Kier molecular flexibility index (Phi) is 3.22. The van der Waals surface area contributed by atoms with Crippen molar-refractivity contribution in [1.82, 2.24) is 9.38 Å². The zero-order valence-electron chi connectivity index (χ0n) is 12.3. The first-order valence-corrected chi connectivity index (χ1v) is 6.88. The van der Waals surface area contributed by atoms with Gasteiger partial charge in [0, 0.05) is 11.9 Å². The standard InChI is InChI=1S/C17H17N3O/c1-11-7-8-14(10-12(11)2)19-17(21)16-15-6-4-5-9-20(15)13(3)18-16/h4-10H,1-3H3,(H,19,21). The van der Waals surface area contributed by atoms with Crippen molar-refractivity contribution >= 4 is 17.1 Å². The average Bonchev–Trinajstić information content (AvgIpc) is 2.81. The van der Waals surface area contributed by atoms with Gasteiger partial charge in [0.05, 0.1) is 5.52 Å². The lowest BCUT2D eigenvalue weighted by molar-refractivity contribution is 0.102. The Morgan fingerprint density at radius 1 is 1.10 bits per heavy atom. The second-order valence-electron chi connectivity index (χ2n) is 5.22. The van der Waals surface area contributed by atoms with E-state index >= 15 is 0 Å². The molecule has 3 aromatic rings. The number of nitrogens with zero attached hydrogens (tertiary/aromatic N) is 2. The van der Waals surface area contributed by atoms with Gasteiger partial charge >= 0.3 is 0 Å². The Bertz CT molecular complexity index is 833. The number of nitrogens with one attached hydrogen (secondary N) is 1. The summed E-state index contributed by atoms with van der Waals surface area (Å²) in [5.41, 5.74) is 4.41. The van der Waals surface area contributed by atoms with E-state index in [4.69, 9.17) is 0 Å². The molecule has 2 heterocycles. The summed E-state index contributed by atoms with van der Waals surface area (Å²) in [5, 5.41) is 2.92. The van der Waals surface area contributed by atoms with Gasteiger partial charge in [-0.05, 0) is 56.2 Å². The Balaban J connectivity index is 1.95. The van der Waals surface area contributed by atoms with E-state index in [1.807, 2.05) is 67.8 Å². The van der Waals surface area contributed by atoms with Gasteiger partial charge in [-0.3, -0.25) is 4.79 Å². The van der Waals surface area contributed by atoms with Crippen LogP contribution in [0.3, 0.4) is 0 Å². The highest BCUT2D eigenvalue weighted by Gasteiger charge is 2.15. The molecule has 1 amide bonds. The third-order valence-corrected chi connectivity index (χ3v) is 3.70. The zero-order chi connectivity index (χ0) is 15.0. The maximum absolute atomic E-state index is 12.5. The van der Waals surface area contributed by atoms with Crippen LogP contribution in [0, 0.1) is 20.8 Å². The van der Waals surface area contributed by atoms with Gasteiger partial charge in [-0.1, -0.05) is 12.1 Å². The van der Waals surface area contributed by atoms with Gasteiger partial charge in [-0.2, -0.15) is 0 Å². The number of aryl methyl sites for hydroxylation is 3. The summed E-state index contributed by atoms with van der Waals surface area (Å²) in [4.78, 5) is 16.8. The normalized spacial score (nSPS) is 10.8. The smallest absolute Gasteiger partial charge is 0.276 e. The van der Waals surface area contributed by atoms with Gasteiger partial charge < -0.3 is 9.72 Å². The van der Waals surface area contributed by atoms with Crippen LogP contribution in [-0.4, -0.2) is 15.3 Å². The van der Waals surface area contributed by atoms with Crippen molar-refractivity contribution in [2.75, 3.05) is 5.32 Å². The van der Waals surface area contributed by atoms with Crippen molar-refractivity contribution < 1.29 is 4.79 Å². The van der Waals surface area contributed by atoms with E-state index in [9.17, 15) is 4.79 Å². The average molecular weight is 279 g/mol. The fourth-order valence-electron chi connectivity index (χ4n) is 2.37. The summed E-state index contributed by atoms with van der Waals surface area (Å²) in [6, 6.07) is 11.6. The minimum atomic E-state index is -0.185. The van der Waals surface area contributed by atoms with E-state index in [2.05, 4.69) is 10.3 Å². The summed E-state index contributed by atoms with van der Waals surface area (Å²) >= 11 is 0. The molecule has 0 saturated carbocycles. The maximum Gasteiger partial charge on any atom is 0.276 e. The molecular weight excluding hydrogens is 262 g/mol. The molecule has 1 aromatic carbocycles. The predicted molar refractivity (Wildman–Crippen MR) is 83.8 cm³/mol. The van der Waals surface area contributed by atoms with E-state index < -0.39 is 0 Å². The molecule has 0 bridgehead atoms. The predicted octanol–water partition coefficient (Wildman–Crippen LogP) is 3.51. The molecule has 4 nitrogen and oxygen atoms in total. The number of benzene rings is 1. The molecule has 3 rings (SSSR count). The van der Waals surface area contributed by atoms with Crippen LogP contribution < -0.4 is 5.32 Å². The minimum absolute atomic E-state index is 0.185. The van der Waals surface area contributed by atoms with Crippen LogP contribution in [0.4, 0.5) is 5.69 Å². The minimum Gasteiger partial charge on any atom is -0.321 e. The molecule has 0 aliphatic carbocycles. The van der Waals surface area contributed by atoms with Crippen LogP contribution >= 0.6 is 0 Å². The van der Waals surface area contributed by atoms with Gasteiger partial charge in [0.2, 0.25) is 0 Å². The lowest BCUT2D eigenvalue weighted by Gasteiger charge is -2.06. The van der Waals surface area contributed by atoms with E-state index in [1.54, 1.807) is 0 Å². The second-order valence-corrected chi connectivity index (χ2v) is 5.22. The van der Waals surface area contributed by atoms with Crippen LogP contribution in [0.25, 0.3) is 5.52 Å². The zero-order valence-corrected chi connectivity index (χ0v) is 12.3. The fourth-order valence-corrected chi connectivity index (χ4v) is 2.37. The quantitative estimate of drug-likeness (QED) is 0.780. The number of amides is 1. The second kappa shape index (κ2) is 5.05.